The lowest BCUT2D eigenvalue weighted by molar-refractivity contribution is 0.606. The number of pyridine rings is 1. The molecule has 11 heteroatoms. The number of hydrogen-bond acceptors (Lipinski definition) is 7. The van der Waals surface area contributed by atoms with Crippen LogP contribution in [-0.4, -0.2) is 39.4 Å². The van der Waals surface area contributed by atoms with Gasteiger partial charge in [-0.3, -0.25) is 9.52 Å². The van der Waals surface area contributed by atoms with Crippen molar-refractivity contribution in [3.8, 4) is 11.3 Å². The van der Waals surface area contributed by atoms with Crippen molar-refractivity contribution in [2.75, 3.05) is 16.7 Å². The van der Waals surface area contributed by atoms with Gasteiger partial charge in [-0.25, -0.2) is 23.1 Å². The molecule has 0 atom stereocenters. The molecule has 120 valence electrons. The average molecular weight is 335 g/mol. The Hall–Kier alpha value is -2.95. The number of anilines is 2. The van der Waals surface area contributed by atoms with E-state index in [2.05, 4.69) is 24.8 Å². The van der Waals surface area contributed by atoms with Crippen molar-refractivity contribution < 1.29 is 8.42 Å². The number of aromatic amines is 1. The molecule has 0 aromatic carbocycles. The van der Waals surface area contributed by atoms with E-state index in [-0.39, 0.29) is 11.5 Å². The van der Waals surface area contributed by atoms with E-state index in [1.54, 1.807) is 7.05 Å². The zero-order valence-electron chi connectivity index (χ0n) is 12.2. The highest BCUT2D eigenvalue weighted by Crippen LogP contribution is 2.29. The van der Waals surface area contributed by atoms with Crippen LogP contribution < -0.4 is 16.0 Å². The lowest BCUT2D eigenvalue weighted by Gasteiger charge is -2.05. The molecule has 0 saturated carbocycles. The van der Waals surface area contributed by atoms with Crippen molar-refractivity contribution >= 4 is 32.6 Å². The van der Waals surface area contributed by atoms with E-state index >= 15 is 0 Å². The summed E-state index contributed by atoms with van der Waals surface area (Å²) in [6.45, 7) is 0. The number of nitrogen functional groups attached to an aromatic ring is 1. The molecule has 0 amide bonds. The zero-order valence-corrected chi connectivity index (χ0v) is 13.0. The van der Waals surface area contributed by atoms with Gasteiger partial charge >= 0.3 is 0 Å². The minimum absolute atomic E-state index is 0.112. The van der Waals surface area contributed by atoms with Crippen LogP contribution in [0.4, 0.5) is 11.5 Å². The molecule has 0 bridgehead atoms. The monoisotopic (exact) mass is 335 g/mol. The molecular weight excluding hydrogens is 322 g/mol. The first-order chi connectivity index (χ1) is 10.8. The van der Waals surface area contributed by atoms with Crippen molar-refractivity contribution in [1.29, 1.82) is 0 Å². The van der Waals surface area contributed by atoms with E-state index in [1.807, 2.05) is 0 Å². The number of aromatic nitrogens is 5. The van der Waals surface area contributed by atoms with Gasteiger partial charge in [0.1, 0.15) is 23.5 Å². The summed E-state index contributed by atoms with van der Waals surface area (Å²) in [7, 11) is -1.90. The molecule has 0 aliphatic carbocycles. The first kappa shape index (κ1) is 15.0. The second-order valence-corrected chi connectivity index (χ2v) is 6.68. The number of nitrogens with two attached hydrogens (primary N) is 1. The summed E-state index contributed by atoms with van der Waals surface area (Å²) >= 11 is 0. The van der Waals surface area contributed by atoms with E-state index < -0.39 is 15.6 Å². The summed E-state index contributed by atoms with van der Waals surface area (Å²) in [5.74, 6) is 0.238. The van der Waals surface area contributed by atoms with Gasteiger partial charge in [-0.15, -0.1) is 0 Å². The second kappa shape index (κ2) is 5.05. The van der Waals surface area contributed by atoms with Crippen LogP contribution in [0.25, 0.3) is 22.3 Å². The summed E-state index contributed by atoms with van der Waals surface area (Å²) in [5.41, 5.74) is 6.65. The normalized spacial score (nSPS) is 11.7. The number of aryl methyl sites for hydroxylation is 1. The molecule has 3 rings (SSSR count). The van der Waals surface area contributed by atoms with Crippen molar-refractivity contribution in [2.24, 2.45) is 7.05 Å². The highest BCUT2D eigenvalue weighted by atomic mass is 32.2. The smallest absolute Gasteiger partial charge is 0.272 e. The minimum atomic E-state index is -3.59. The fraction of sp³-hybridized carbons (Fsp3) is 0.167. The van der Waals surface area contributed by atoms with Crippen LogP contribution in [0.1, 0.15) is 0 Å². The van der Waals surface area contributed by atoms with E-state index in [1.165, 1.54) is 23.3 Å². The van der Waals surface area contributed by atoms with Gasteiger partial charge in [0.25, 0.3) is 5.56 Å². The van der Waals surface area contributed by atoms with Crippen molar-refractivity contribution in [1.82, 2.24) is 24.7 Å². The molecule has 0 spiro atoms. The lowest BCUT2D eigenvalue weighted by Crippen LogP contribution is -2.18. The molecule has 0 saturated heterocycles. The number of hydrogen-bond donors (Lipinski definition) is 3. The molecule has 0 radical (unpaired) electrons. The summed E-state index contributed by atoms with van der Waals surface area (Å²) in [6, 6.07) is 1.38. The number of sulfonamides is 1. The number of fused-ring (bicyclic) bond motifs is 1. The van der Waals surface area contributed by atoms with Crippen LogP contribution in [0, 0.1) is 0 Å². The number of nitrogens with zero attached hydrogens (tertiary/aromatic N) is 4. The lowest BCUT2D eigenvalue weighted by atomic mass is 10.1. The molecule has 10 nitrogen and oxygen atoms in total. The molecule has 0 unspecified atom stereocenters. The van der Waals surface area contributed by atoms with Crippen LogP contribution in [0.15, 0.2) is 23.4 Å². The zero-order chi connectivity index (χ0) is 16.8. The quantitative estimate of drug-likeness (QED) is 0.593. The third-order valence-electron chi connectivity index (χ3n) is 3.12. The van der Waals surface area contributed by atoms with E-state index in [9.17, 15) is 13.2 Å². The topological polar surface area (TPSA) is 149 Å². The van der Waals surface area contributed by atoms with Crippen molar-refractivity contribution in [3.05, 3.63) is 28.9 Å². The highest BCUT2D eigenvalue weighted by Gasteiger charge is 2.17. The molecule has 0 fully saturated rings. The molecule has 0 aliphatic heterocycles. The molecule has 3 aromatic heterocycles. The van der Waals surface area contributed by atoms with Gasteiger partial charge in [-0.2, -0.15) is 5.10 Å². The predicted molar refractivity (Wildman–Crippen MR) is 85.2 cm³/mol. The van der Waals surface area contributed by atoms with E-state index in [4.69, 9.17) is 5.73 Å². The van der Waals surface area contributed by atoms with Crippen molar-refractivity contribution in [3.63, 3.8) is 0 Å². The Morgan fingerprint density at radius 1 is 1.35 bits per heavy atom. The third-order valence-corrected chi connectivity index (χ3v) is 3.71. The van der Waals surface area contributed by atoms with Crippen LogP contribution >= 0.6 is 0 Å². The standard InChI is InChI=1S/C12H13N7O3S/c1-19-11-8(10(13)15-5-16-11)9(17-19)6-3-7(12(20)14-4-6)18-23(2,21)22/h3-5,18H,1-2H3,(H,14,20)(H2,13,15,16). The maximum absolute atomic E-state index is 11.8. The van der Waals surface area contributed by atoms with Gasteiger partial charge in [0.15, 0.2) is 5.65 Å². The van der Waals surface area contributed by atoms with Crippen LogP contribution in [-0.2, 0) is 17.1 Å². The molecule has 0 aliphatic rings. The largest absolute Gasteiger partial charge is 0.383 e. The first-order valence-corrected chi connectivity index (χ1v) is 8.29. The minimum Gasteiger partial charge on any atom is -0.383 e. The second-order valence-electron chi connectivity index (χ2n) is 4.94. The highest BCUT2D eigenvalue weighted by molar-refractivity contribution is 7.92. The summed E-state index contributed by atoms with van der Waals surface area (Å²) < 4.78 is 26.4. The predicted octanol–water partition coefficient (Wildman–Crippen LogP) is -0.328. The average Bonchev–Trinajstić information content (AvgIpc) is 2.79. The van der Waals surface area contributed by atoms with Crippen molar-refractivity contribution in [2.45, 2.75) is 0 Å². The summed E-state index contributed by atoms with van der Waals surface area (Å²) in [5, 5.41) is 4.84. The molecule has 3 aromatic rings. The van der Waals surface area contributed by atoms with Gasteiger partial charge < -0.3 is 10.7 Å². The third kappa shape index (κ3) is 2.73. The van der Waals surface area contributed by atoms with Crippen LogP contribution in [0.5, 0.6) is 0 Å². The van der Waals surface area contributed by atoms with E-state index in [0.717, 1.165) is 6.26 Å². The summed E-state index contributed by atoms with van der Waals surface area (Å²) in [4.78, 5) is 22.3. The van der Waals surface area contributed by atoms with Gasteiger partial charge in [0.05, 0.1) is 11.6 Å². The Kier molecular flexibility index (Phi) is 3.29. The van der Waals surface area contributed by atoms with Gasteiger partial charge in [-0.05, 0) is 6.07 Å². The molecule has 4 N–H and O–H groups in total. The fourth-order valence-corrected chi connectivity index (χ4v) is 2.76. The fourth-order valence-electron chi connectivity index (χ4n) is 2.21. The van der Waals surface area contributed by atoms with Gasteiger partial charge in [-0.1, -0.05) is 0 Å². The number of rotatable bonds is 3. The Labute approximate surface area is 130 Å². The summed E-state index contributed by atoms with van der Waals surface area (Å²) in [6.07, 6.45) is 3.71. The maximum Gasteiger partial charge on any atom is 0.272 e. The van der Waals surface area contributed by atoms with Crippen LogP contribution in [0.3, 0.4) is 0 Å². The van der Waals surface area contributed by atoms with Gasteiger partial charge in [0, 0.05) is 18.8 Å². The Morgan fingerprint density at radius 2 is 2.09 bits per heavy atom. The molecule has 23 heavy (non-hydrogen) atoms. The number of nitrogens with one attached hydrogen (secondary N) is 2. The Bertz CT molecular complexity index is 1070. The van der Waals surface area contributed by atoms with Crippen LogP contribution in [0.2, 0.25) is 0 Å². The van der Waals surface area contributed by atoms with E-state index in [0.29, 0.717) is 22.3 Å². The number of H-pyrrole nitrogens is 1. The molecular formula is C12H13N7O3S. The Morgan fingerprint density at radius 3 is 2.78 bits per heavy atom. The Balaban J connectivity index is 2.24. The SMILES string of the molecule is Cn1nc(-c2c[nH]c(=O)c(NS(C)(=O)=O)c2)c2c(N)ncnc21. The first-order valence-electron chi connectivity index (χ1n) is 6.40. The van der Waals surface area contributed by atoms with Gasteiger partial charge in [0.2, 0.25) is 10.0 Å². The molecule has 3 heterocycles. The maximum atomic E-state index is 11.8.